The number of carbonyl (C=O) groups is 1. The number of fused-ring (bicyclic) bond motifs is 3. The van der Waals surface area contributed by atoms with Crippen molar-refractivity contribution in [3.05, 3.63) is 175 Å². The quantitative estimate of drug-likeness (QED) is 0.110. The fourth-order valence-corrected chi connectivity index (χ4v) is 8.52. The Morgan fingerprint density at radius 3 is 1.81 bits per heavy atom. The van der Waals surface area contributed by atoms with Gasteiger partial charge in [-0.2, -0.15) is 0 Å². The molecular weight excluding hydrogens is 653 g/mol. The zero-order valence-corrected chi connectivity index (χ0v) is 31.8. The van der Waals surface area contributed by atoms with Crippen LogP contribution in [-0.2, 0) is 19.7 Å². The van der Waals surface area contributed by atoms with Gasteiger partial charge in [0.05, 0.1) is 0 Å². The molecule has 4 heteroatoms. The van der Waals surface area contributed by atoms with Crippen molar-refractivity contribution in [3.8, 4) is 16.9 Å². The Morgan fingerprint density at radius 2 is 1.28 bits per heavy atom. The van der Waals surface area contributed by atoms with Gasteiger partial charge in [-0.05, 0) is 109 Å². The van der Waals surface area contributed by atoms with Crippen molar-refractivity contribution in [1.29, 1.82) is 0 Å². The Labute approximate surface area is 317 Å². The Hall–Kier alpha value is -5.09. The van der Waals surface area contributed by atoms with E-state index in [1.165, 1.54) is 22.3 Å². The zero-order chi connectivity index (χ0) is 37.3. The maximum Gasteiger partial charge on any atom is 0.355 e. The van der Waals surface area contributed by atoms with Crippen LogP contribution in [0.4, 0.5) is 0 Å². The zero-order valence-electron chi connectivity index (χ0n) is 31.8. The molecule has 6 rings (SSSR count). The summed E-state index contributed by atoms with van der Waals surface area (Å²) in [5.41, 5.74) is 3.61. The van der Waals surface area contributed by atoms with Gasteiger partial charge in [0.15, 0.2) is 0 Å². The highest BCUT2D eigenvalue weighted by molar-refractivity contribution is 5.83. The third-order valence-electron chi connectivity index (χ3n) is 11.7. The van der Waals surface area contributed by atoms with Crippen molar-refractivity contribution in [1.82, 2.24) is 0 Å². The molecule has 2 unspecified atom stereocenters. The summed E-state index contributed by atoms with van der Waals surface area (Å²) in [5, 5.41) is 0. The molecular formula is C49H54O4. The number of para-hydroxylation sites is 1. The fourth-order valence-electron chi connectivity index (χ4n) is 8.52. The number of benzene rings is 3. The van der Waals surface area contributed by atoms with Crippen LogP contribution in [0.1, 0.15) is 83.8 Å². The number of ether oxygens (including phenoxy) is 3. The molecule has 2 atom stereocenters. The van der Waals surface area contributed by atoms with E-state index < -0.39 is 5.60 Å². The molecule has 0 N–H and O–H groups in total. The Kier molecular flexibility index (Phi) is 11.9. The van der Waals surface area contributed by atoms with E-state index in [0.717, 1.165) is 37.9 Å². The first kappa shape index (κ1) is 37.7. The highest BCUT2D eigenvalue weighted by Crippen LogP contribution is 2.60. The van der Waals surface area contributed by atoms with Crippen LogP contribution < -0.4 is 4.74 Å². The average molecular weight is 707 g/mol. The van der Waals surface area contributed by atoms with Crippen LogP contribution in [0.5, 0.6) is 5.75 Å². The summed E-state index contributed by atoms with van der Waals surface area (Å²) < 4.78 is 19.3. The minimum atomic E-state index is -1.07. The first-order chi connectivity index (χ1) is 25.9. The van der Waals surface area contributed by atoms with E-state index in [1.807, 2.05) is 62.4 Å². The normalized spacial score (nSPS) is 19.0. The second kappa shape index (κ2) is 16.7. The molecule has 4 nitrogen and oxygen atoms in total. The molecule has 3 aromatic carbocycles. The maximum absolute atomic E-state index is 13.8. The van der Waals surface area contributed by atoms with Gasteiger partial charge >= 0.3 is 5.97 Å². The molecule has 0 aliphatic heterocycles. The number of allylic oxidation sites excluding steroid dienone is 10. The molecule has 0 aromatic heterocycles. The van der Waals surface area contributed by atoms with Crippen molar-refractivity contribution in [2.75, 3.05) is 0 Å². The Morgan fingerprint density at radius 1 is 0.717 bits per heavy atom. The molecule has 3 aliphatic rings. The highest BCUT2D eigenvalue weighted by Gasteiger charge is 2.52. The van der Waals surface area contributed by atoms with E-state index >= 15 is 0 Å². The number of hydrogen-bond donors (Lipinski definition) is 0. The summed E-state index contributed by atoms with van der Waals surface area (Å²) in [5.74, 6) is 2.12. The van der Waals surface area contributed by atoms with Crippen LogP contribution in [0.15, 0.2) is 164 Å². The monoisotopic (exact) mass is 706 g/mol. The topological polar surface area (TPSA) is 44.8 Å². The molecule has 0 saturated carbocycles. The van der Waals surface area contributed by atoms with E-state index in [9.17, 15) is 4.79 Å². The third-order valence-corrected chi connectivity index (χ3v) is 11.7. The minimum absolute atomic E-state index is 0.127. The standard InChI is InChI=1S/C49H54O4/c1-6-11-12-13-21-36-47(7-2,8-3)52-41-34-30-38(31-35-41)49(44-26-19-17-24-42(44)43-25-18-20-27-45(43)49)37-28-32-39(33-29-37)51-46(50)48(9-4,10-5)53-40-22-15-14-16-23-40/h6,11-28,30,32-35,37-38H,1,7-10,29,31,36H2,2-5H3. The van der Waals surface area contributed by atoms with Crippen LogP contribution >= 0.6 is 0 Å². The summed E-state index contributed by atoms with van der Waals surface area (Å²) >= 11 is 0. The third kappa shape index (κ3) is 7.42. The van der Waals surface area contributed by atoms with E-state index in [2.05, 4.69) is 111 Å². The second-order valence-electron chi connectivity index (χ2n) is 14.3. The molecule has 0 bridgehead atoms. The SMILES string of the molecule is C=CC=CC=CCC(CC)(CC)OC1=CCC(C2(C3C=CC(OC(=O)C(CC)(CC)Oc4ccccc4)=CC3)c3ccccc3-c3ccccc32)C=C1. The summed E-state index contributed by atoms with van der Waals surface area (Å²) in [6.45, 7) is 12.1. The lowest BCUT2D eigenvalue weighted by Crippen LogP contribution is -2.45. The lowest BCUT2D eigenvalue weighted by atomic mass is 9.58. The van der Waals surface area contributed by atoms with Gasteiger partial charge in [-0.3, -0.25) is 0 Å². The van der Waals surface area contributed by atoms with E-state index in [-0.39, 0.29) is 28.8 Å². The van der Waals surface area contributed by atoms with E-state index in [0.29, 0.717) is 24.4 Å². The largest absolute Gasteiger partial charge is 0.487 e. The van der Waals surface area contributed by atoms with E-state index in [4.69, 9.17) is 14.2 Å². The summed E-state index contributed by atoms with van der Waals surface area (Å²) in [4.78, 5) is 13.8. The molecule has 0 fully saturated rings. The molecule has 274 valence electrons. The van der Waals surface area contributed by atoms with Gasteiger partial charge in [0, 0.05) is 11.8 Å². The van der Waals surface area contributed by atoms with Crippen molar-refractivity contribution in [3.63, 3.8) is 0 Å². The maximum atomic E-state index is 13.8. The molecule has 3 aromatic rings. The van der Waals surface area contributed by atoms with Gasteiger partial charge in [-0.25, -0.2) is 4.79 Å². The predicted molar refractivity (Wildman–Crippen MR) is 217 cm³/mol. The molecule has 0 amide bonds. The van der Waals surface area contributed by atoms with Crippen LogP contribution in [-0.4, -0.2) is 17.2 Å². The average Bonchev–Trinajstić information content (AvgIpc) is 3.51. The number of hydrogen-bond acceptors (Lipinski definition) is 4. The van der Waals surface area contributed by atoms with Gasteiger partial charge < -0.3 is 14.2 Å². The molecule has 0 spiro atoms. The Bertz CT molecular complexity index is 1880. The van der Waals surface area contributed by atoms with Crippen molar-refractivity contribution >= 4 is 5.97 Å². The first-order valence-electron chi connectivity index (χ1n) is 19.4. The first-order valence-corrected chi connectivity index (χ1v) is 19.4. The fraction of sp³-hybridized carbons (Fsp3) is 0.327. The lowest BCUT2D eigenvalue weighted by molar-refractivity contribution is -0.158. The molecule has 0 saturated heterocycles. The van der Waals surface area contributed by atoms with Gasteiger partial charge in [0.25, 0.3) is 0 Å². The lowest BCUT2D eigenvalue weighted by Gasteiger charge is -2.45. The van der Waals surface area contributed by atoms with Gasteiger partial charge in [-0.15, -0.1) is 0 Å². The molecule has 53 heavy (non-hydrogen) atoms. The van der Waals surface area contributed by atoms with Crippen molar-refractivity contribution < 1.29 is 19.0 Å². The minimum Gasteiger partial charge on any atom is -0.487 e. The van der Waals surface area contributed by atoms with Crippen LogP contribution in [0.3, 0.4) is 0 Å². The van der Waals surface area contributed by atoms with Gasteiger partial charge in [0.1, 0.15) is 22.9 Å². The molecule has 0 radical (unpaired) electrons. The summed E-state index contributed by atoms with van der Waals surface area (Å²) in [7, 11) is 0. The number of rotatable bonds is 16. The van der Waals surface area contributed by atoms with E-state index in [1.54, 1.807) is 6.08 Å². The summed E-state index contributed by atoms with van der Waals surface area (Å²) in [6, 6.07) is 27.3. The van der Waals surface area contributed by atoms with Gasteiger partial charge in [-0.1, -0.05) is 144 Å². The molecule has 3 aliphatic carbocycles. The van der Waals surface area contributed by atoms with Crippen LogP contribution in [0.25, 0.3) is 11.1 Å². The molecule has 0 heterocycles. The van der Waals surface area contributed by atoms with Crippen molar-refractivity contribution in [2.45, 2.75) is 89.3 Å². The van der Waals surface area contributed by atoms with Crippen molar-refractivity contribution in [2.24, 2.45) is 11.8 Å². The summed E-state index contributed by atoms with van der Waals surface area (Å²) in [6.07, 6.45) is 28.5. The number of esters is 1. The van der Waals surface area contributed by atoms with Crippen LogP contribution in [0, 0.1) is 11.8 Å². The highest BCUT2D eigenvalue weighted by atomic mass is 16.6. The van der Waals surface area contributed by atoms with Crippen LogP contribution in [0.2, 0.25) is 0 Å². The predicted octanol–water partition coefficient (Wildman–Crippen LogP) is 12.3. The second-order valence-corrected chi connectivity index (χ2v) is 14.3. The Balaban J connectivity index is 1.28. The number of carbonyl (C=O) groups excluding carboxylic acids is 1. The smallest absolute Gasteiger partial charge is 0.355 e. The van der Waals surface area contributed by atoms with Gasteiger partial charge in [0.2, 0.25) is 5.60 Å².